The van der Waals surface area contributed by atoms with Crippen molar-refractivity contribution < 1.29 is 14.2 Å². The van der Waals surface area contributed by atoms with Gasteiger partial charge < -0.3 is 11.1 Å². The number of nitrogens with one attached hydrogen (secondary N) is 1. The first-order chi connectivity index (χ1) is 13.0. The zero-order chi connectivity index (χ0) is 21.8. The summed E-state index contributed by atoms with van der Waals surface area (Å²) in [6.45, 7) is 8.00. The van der Waals surface area contributed by atoms with Crippen molar-refractivity contribution >= 4 is 17.1 Å². The molecule has 0 aliphatic rings. The number of para-hydroxylation sites is 3. The van der Waals surface area contributed by atoms with E-state index < -0.39 is 21.4 Å². The van der Waals surface area contributed by atoms with Crippen LogP contribution in [0, 0.1) is 26.0 Å². The van der Waals surface area contributed by atoms with Crippen LogP contribution >= 0.6 is 0 Å². The van der Waals surface area contributed by atoms with Crippen LogP contribution in [0.25, 0.3) is 0 Å². The molecule has 0 amide bonds. The fourth-order valence-electron chi connectivity index (χ4n) is 1.44. The molecular formula is C18H29FN4O4. The Labute approximate surface area is 159 Å². The normalized spacial score (nSPS) is 7.85. The fraction of sp³-hybridized carbons (Fsp3) is 0.333. The predicted molar refractivity (Wildman–Crippen MR) is 109 cm³/mol. The molecule has 27 heavy (non-hydrogen) atoms. The molecule has 8 nitrogen and oxygen atoms in total. The van der Waals surface area contributed by atoms with Crippen molar-refractivity contribution in [2.24, 2.45) is 5.73 Å². The zero-order valence-corrected chi connectivity index (χ0v) is 16.6. The Hall–Kier alpha value is -3.07. The van der Waals surface area contributed by atoms with E-state index >= 15 is 0 Å². The van der Waals surface area contributed by atoms with Crippen LogP contribution in [0.2, 0.25) is 0 Å². The van der Waals surface area contributed by atoms with Crippen molar-refractivity contribution in [1.29, 1.82) is 0 Å². The van der Waals surface area contributed by atoms with E-state index in [1.165, 1.54) is 25.2 Å². The lowest BCUT2D eigenvalue weighted by atomic mass is 10.3. The molecule has 2 aromatic rings. The van der Waals surface area contributed by atoms with Crippen LogP contribution in [0.15, 0.2) is 48.5 Å². The smallest absolute Gasteiger partial charge is 0.304 e. The topological polar surface area (TPSA) is 124 Å². The number of hydrogen-bond donors (Lipinski definition) is 2. The third-order valence-electron chi connectivity index (χ3n) is 2.42. The molecular weight excluding hydrogens is 355 g/mol. The molecule has 0 aromatic heterocycles. The molecule has 0 aliphatic heterocycles. The van der Waals surface area contributed by atoms with E-state index in [9.17, 15) is 24.6 Å². The third-order valence-corrected chi connectivity index (χ3v) is 2.42. The van der Waals surface area contributed by atoms with Gasteiger partial charge in [0.2, 0.25) is 5.82 Å². The van der Waals surface area contributed by atoms with E-state index in [0.717, 1.165) is 12.1 Å². The summed E-state index contributed by atoms with van der Waals surface area (Å²) in [6, 6.07) is 11.5. The Morgan fingerprint density at radius 3 is 1.48 bits per heavy atom. The number of nitro groups is 2. The molecule has 0 unspecified atom stereocenters. The van der Waals surface area contributed by atoms with Gasteiger partial charge in [-0.15, -0.1) is 0 Å². The summed E-state index contributed by atoms with van der Waals surface area (Å²) in [5.74, 6) is -0.799. The molecule has 0 saturated heterocycles. The van der Waals surface area contributed by atoms with E-state index in [1.807, 2.05) is 27.7 Å². The second kappa shape index (κ2) is 19.3. The van der Waals surface area contributed by atoms with Crippen molar-refractivity contribution in [3.8, 4) is 0 Å². The standard InChI is InChI=1S/C7H8N2O2.C6H4FNO2.2C2H6.CH5N/c1-8-6-4-2-3-5-7(6)9(10)11;7-5-3-1-2-4-6(5)8(9)10;3*1-2/h2-5,8H,1H3;1-4H;2*1-2H3;2H2,1H3. The monoisotopic (exact) mass is 384 g/mol. The fourth-order valence-corrected chi connectivity index (χ4v) is 1.44. The van der Waals surface area contributed by atoms with Crippen LogP contribution in [0.1, 0.15) is 27.7 Å². The highest BCUT2D eigenvalue weighted by Crippen LogP contribution is 2.21. The summed E-state index contributed by atoms with van der Waals surface area (Å²) in [4.78, 5) is 19.2. The number of nitrogens with zero attached hydrogens (tertiary/aromatic N) is 2. The summed E-state index contributed by atoms with van der Waals surface area (Å²) < 4.78 is 12.4. The van der Waals surface area contributed by atoms with Crippen LogP contribution in [-0.4, -0.2) is 23.9 Å². The minimum absolute atomic E-state index is 0.106. The van der Waals surface area contributed by atoms with Gasteiger partial charge in [-0.05, 0) is 19.2 Å². The summed E-state index contributed by atoms with van der Waals surface area (Å²) in [6.07, 6.45) is 0. The molecule has 0 heterocycles. The van der Waals surface area contributed by atoms with Gasteiger partial charge in [0.15, 0.2) is 0 Å². The van der Waals surface area contributed by atoms with Crippen molar-refractivity contribution in [3.05, 3.63) is 74.6 Å². The summed E-state index contributed by atoms with van der Waals surface area (Å²) in [5, 5.41) is 23.1. The maximum absolute atomic E-state index is 12.4. The molecule has 0 aliphatic carbocycles. The van der Waals surface area contributed by atoms with Crippen LogP contribution in [0.4, 0.5) is 21.5 Å². The largest absolute Gasteiger partial charge is 0.383 e. The third kappa shape index (κ3) is 12.0. The van der Waals surface area contributed by atoms with Gasteiger partial charge in [0.25, 0.3) is 5.69 Å². The Balaban J connectivity index is -0.000000335. The summed E-state index contributed by atoms with van der Waals surface area (Å²) in [7, 11) is 3.16. The summed E-state index contributed by atoms with van der Waals surface area (Å²) >= 11 is 0. The van der Waals surface area contributed by atoms with Gasteiger partial charge >= 0.3 is 5.69 Å². The summed E-state index contributed by atoms with van der Waals surface area (Å²) in [5.41, 5.74) is 4.66. The lowest BCUT2D eigenvalue weighted by Crippen LogP contribution is -1.95. The first-order valence-corrected chi connectivity index (χ1v) is 8.35. The minimum atomic E-state index is -0.799. The van der Waals surface area contributed by atoms with Crippen LogP contribution in [0.5, 0.6) is 0 Å². The highest BCUT2D eigenvalue weighted by Gasteiger charge is 2.10. The van der Waals surface area contributed by atoms with E-state index in [1.54, 1.807) is 25.2 Å². The van der Waals surface area contributed by atoms with E-state index in [4.69, 9.17) is 0 Å². The van der Waals surface area contributed by atoms with Gasteiger partial charge in [0.1, 0.15) is 5.69 Å². The number of hydrogen-bond acceptors (Lipinski definition) is 6. The predicted octanol–water partition coefficient (Wildman–Crippen LogP) is 5.00. The lowest BCUT2D eigenvalue weighted by molar-refractivity contribution is -0.387. The van der Waals surface area contributed by atoms with E-state index in [2.05, 4.69) is 11.1 Å². The Bertz CT molecular complexity index is 655. The van der Waals surface area contributed by atoms with Crippen molar-refractivity contribution in [1.82, 2.24) is 0 Å². The molecule has 152 valence electrons. The zero-order valence-electron chi connectivity index (χ0n) is 16.6. The first-order valence-electron chi connectivity index (χ1n) is 8.35. The van der Waals surface area contributed by atoms with Gasteiger partial charge in [-0.3, -0.25) is 20.2 Å². The number of anilines is 1. The average molecular weight is 384 g/mol. The second-order valence-corrected chi connectivity index (χ2v) is 3.73. The molecule has 3 N–H and O–H groups in total. The SMILES string of the molecule is CC.CC.CN.CNc1ccccc1[N+](=O)[O-].O=[N+]([O-])c1ccccc1F. The Morgan fingerprint density at radius 1 is 0.815 bits per heavy atom. The molecule has 0 saturated carbocycles. The maximum Gasteiger partial charge on any atom is 0.304 e. The number of benzene rings is 2. The molecule has 9 heteroatoms. The van der Waals surface area contributed by atoms with Crippen LogP contribution in [0.3, 0.4) is 0 Å². The van der Waals surface area contributed by atoms with Crippen molar-refractivity contribution in [2.75, 3.05) is 19.4 Å². The van der Waals surface area contributed by atoms with Crippen molar-refractivity contribution in [3.63, 3.8) is 0 Å². The maximum atomic E-state index is 12.4. The molecule has 0 fully saturated rings. The molecule has 2 aromatic carbocycles. The van der Waals surface area contributed by atoms with Gasteiger partial charge in [0.05, 0.1) is 9.85 Å². The molecule has 0 bridgehead atoms. The number of rotatable bonds is 3. The minimum Gasteiger partial charge on any atom is -0.383 e. The number of halogens is 1. The molecule has 0 radical (unpaired) electrons. The molecule has 2 rings (SSSR count). The van der Waals surface area contributed by atoms with Crippen LogP contribution in [-0.2, 0) is 0 Å². The molecule has 0 atom stereocenters. The second-order valence-electron chi connectivity index (χ2n) is 3.73. The quantitative estimate of drug-likeness (QED) is 0.567. The number of nitro benzene ring substituents is 2. The Morgan fingerprint density at radius 2 is 1.19 bits per heavy atom. The van der Waals surface area contributed by atoms with E-state index in [0.29, 0.717) is 5.69 Å². The van der Waals surface area contributed by atoms with Gasteiger partial charge in [-0.25, -0.2) is 0 Å². The first kappa shape index (κ1) is 28.7. The van der Waals surface area contributed by atoms with Gasteiger partial charge in [-0.1, -0.05) is 52.0 Å². The van der Waals surface area contributed by atoms with Crippen LogP contribution < -0.4 is 11.1 Å². The molecule has 0 spiro atoms. The van der Waals surface area contributed by atoms with Crippen molar-refractivity contribution in [2.45, 2.75) is 27.7 Å². The van der Waals surface area contributed by atoms with Gasteiger partial charge in [-0.2, -0.15) is 4.39 Å². The average Bonchev–Trinajstić information content (AvgIpc) is 2.73. The Kier molecular flexibility index (Phi) is 20.5. The number of nitrogens with two attached hydrogens (primary N) is 1. The lowest BCUT2D eigenvalue weighted by Gasteiger charge is -1.98. The highest BCUT2D eigenvalue weighted by molar-refractivity contribution is 5.60. The van der Waals surface area contributed by atoms with E-state index in [-0.39, 0.29) is 5.69 Å². The van der Waals surface area contributed by atoms with Gasteiger partial charge in [0, 0.05) is 19.2 Å². The highest BCUT2D eigenvalue weighted by atomic mass is 19.1.